The average molecular weight is 195 g/mol. The zero-order chi connectivity index (χ0) is 10.8. The fourth-order valence-corrected chi connectivity index (χ4v) is 0.961. The standard InChI is InChI=1S/C10H15N2O2/c1-9(7-12)10(8-13)14-6-4-2-3-5-11/h9-10H,2-4,6,8H2,1H3. The molecule has 14 heavy (non-hydrogen) atoms. The van der Waals surface area contributed by atoms with Crippen molar-refractivity contribution in [1.82, 2.24) is 0 Å². The summed E-state index contributed by atoms with van der Waals surface area (Å²) in [5.41, 5.74) is 0. The predicted molar refractivity (Wildman–Crippen MR) is 49.5 cm³/mol. The summed E-state index contributed by atoms with van der Waals surface area (Å²) in [4.78, 5) is 0. The van der Waals surface area contributed by atoms with Crippen molar-refractivity contribution < 1.29 is 9.84 Å². The molecule has 4 heteroatoms. The molecule has 0 aromatic heterocycles. The van der Waals surface area contributed by atoms with Gasteiger partial charge in [0.2, 0.25) is 0 Å². The summed E-state index contributed by atoms with van der Waals surface area (Å²) >= 11 is 0. The van der Waals surface area contributed by atoms with E-state index in [-0.39, 0.29) is 12.5 Å². The second-order valence-corrected chi connectivity index (χ2v) is 3.11. The topological polar surface area (TPSA) is 76.7 Å². The van der Waals surface area contributed by atoms with Crippen molar-refractivity contribution in [2.45, 2.75) is 32.3 Å². The van der Waals surface area contributed by atoms with E-state index in [0.29, 0.717) is 13.0 Å². The van der Waals surface area contributed by atoms with Gasteiger partial charge < -0.3 is 4.74 Å². The van der Waals surface area contributed by atoms with Crippen LogP contribution in [0.4, 0.5) is 0 Å². The van der Waals surface area contributed by atoms with Crippen LogP contribution in [-0.4, -0.2) is 19.3 Å². The normalized spacial score (nSPS) is 14.0. The lowest BCUT2D eigenvalue weighted by molar-refractivity contribution is -0.0270. The van der Waals surface area contributed by atoms with E-state index in [1.165, 1.54) is 0 Å². The van der Waals surface area contributed by atoms with Gasteiger partial charge in [0.05, 0.1) is 24.2 Å². The highest BCUT2D eigenvalue weighted by Crippen LogP contribution is 2.07. The summed E-state index contributed by atoms with van der Waals surface area (Å²) in [7, 11) is 0. The minimum Gasteiger partial charge on any atom is -0.374 e. The van der Waals surface area contributed by atoms with Crippen LogP contribution in [0.25, 0.3) is 0 Å². The first-order valence-electron chi connectivity index (χ1n) is 4.72. The number of nitrogens with zero attached hydrogens (tertiary/aromatic N) is 2. The maximum atomic E-state index is 10.6. The van der Waals surface area contributed by atoms with Gasteiger partial charge in [-0.1, -0.05) is 0 Å². The number of ether oxygens (including phenoxy) is 1. The first kappa shape index (κ1) is 12.9. The van der Waals surface area contributed by atoms with Crippen LogP contribution in [-0.2, 0) is 9.84 Å². The van der Waals surface area contributed by atoms with Crippen molar-refractivity contribution in [2.75, 3.05) is 13.2 Å². The van der Waals surface area contributed by atoms with Crippen LogP contribution in [0.3, 0.4) is 0 Å². The highest BCUT2D eigenvalue weighted by Gasteiger charge is 2.16. The first-order chi connectivity index (χ1) is 6.76. The van der Waals surface area contributed by atoms with Gasteiger partial charge in [-0.2, -0.15) is 10.5 Å². The molecule has 0 bridgehead atoms. The van der Waals surface area contributed by atoms with E-state index in [4.69, 9.17) is 15.3 Å². The summed E-state index contributed by atoms with van der Waals surface area (Å²) in [5.74, 6) is -0.358. The molecule has 2 unspecified atom stereocenters. The van der Waals surface area contributed by atoms with Crippen molar-refractivity contribution >= 4 is 0 Å². The average Bonchev–Trinajstić information content (AvgIpc) is 2.22. The van der Waals surface area contributed by atoms with E-state index in [1.807, 2.05) is 12.1 Å². The van der Waals surface area contributed by atoms with Crippen molar-refractivity contribution in [3.8, 4) is 12.1 Å². The second-order valence-electron chi connectivity index (χ2n) is 3.11. The van der Waals surface area contributed by atoms with E-state index >= 15 is 0 Å². The highest BCUT2D eigenvalue weighted by molar-refractivity contribution is 4.85. The van der Waals surface area contributed by atoms with Crippen LogP contribution in [0.2, 0.25) is 0 Å². The van der Waals surface area contributed by atoms with Gasteiger partial charge in [0.25, 0.3) is 0 Å². The minimum absolute atomic E-state index is 0.358. The van der Waals surface area contributed by atoms with Crippen LogP contribution in [0.15, 0.2) is 0 Å². The molecule has 0 rings (SSSR count). The van der Waals surface area contributed by atoms with Gasteiger partial charge in [-0.15, -0.1) is 0 Å². The summed E-state index contributed by atoms with van der Waals surface area (Å²) in [6.07, 6.45) is 1.55. The molecule has 0 N–H and O–H groups in total. The lowest BCUT2D eigenvalue weighted by Gasteiger charge is -2.15. The van der Waals surface area contributed by atoms with Crippen LogP contribution in [0.1, 0.15) is 26.2 Å². The molecule has 0 aromatic carbocycles. The Morgan fingerprint density at radius 3 is 2.57 bits per heavy atom. The van der Waals surface area contributed by atoms with E-state index < -0.39 is 6.10 Å². The zero-order valence-electron chi connectivity index (χ0n) is 8.40. The Morgan fingerprint density at radius 1 is 1.36 bits per heavy atom. The smallest absolute Gasteiger partial charge is 0.110 e. The quantitative estimate of drug-likeness (QED) is 0.579. The van der Waals surface area contributed by atoms with Gasteiger partial charge in [-0.3, -0.25) is 0 Å². The zero-order valence-corrected chi connectivity index (χ0v) is 8.40. The first-order valence-corrected chi connectivity index (χ1v) is 4.72. The molecule has 77 valence electrons. The fraction of sp³-hybridized carbons (Fsp3) is 0.800. The molecule has 0 saturated heterocycles. The molecule has 0 aliphatic carbocycles. The van der Waals surface area contributed by atoms with Crippen LogP contribution in [0, 0.1) is 28.6 Å². The maximum Gasteiger partial charge on any atom is 0.110 e. The molecule has 0 fully saturated rings. The SMILES string of the molecule is CC(C#N)C(C[O])OCCCCC#N. The Bertz CT molecular complexity index is 217. The molecule has 2 atom stereocenters. The molecule has 0 saturated carbocycles. The van der Waals surface area contributed by atoms with Crippen LogP contribution >= 0.6 is 0 Å². The molecule has 0 aliphatic heterocycles. The van der Waals surface area contributed by atoms with E-state index in [9.17, 15) is 5.11 Å². The lowest BCUT2D eigenvalue weighted by atomic mass is 10.1. The summed E-state index contributed by atoms with van der Waals surface area (Å²) < 4.78 is 5.25. The molecule has 0 spiro atoms. The Kier molecular flexibility index (Phi) is 7.83. The largest absolute Gasteiger partial charge is 0.374 e. The summed E-state index contributed by atoms with van der Waals surface area (Å²) in [5, 5.41) is 27.5. The van der Waals surface area contributed by atoms with Gasteiger partial charge in [0, 0.05) is 13.0 Å². The van der Waals surface area contributed by atoms with Gasteiger partial charge in [-0.25, -0.2) is 5.11 Å². The maximum absolute atomic E-state index is 10.6. The summed E-state index contributed by atoms with van der Waals surface area (Å²) in [6, 6.07) is 4.02. The Morgan fingerprint density at radius 2 is 2.07 bits per heavy atom. The molecule has 0 aliphatic rings. The van der Waals surface area contributed by atoms with Crippen molar-refractivity contribution in [3.63, 3.8) is 0 Å². The van der Waals surface area contributed by atoms with Crippen LogP contribution < -0.4 is 0 Å². The van der Waals surface area contributed by atoms with Crippen molar-refractivity contribution in [3.05, 3.63) is 0 Å². The Hall–Kier alpha value is -1.10. The van der Waals surface area contributed by atoms with E-state index in [1.54, 1.807) is 6.92 Å². The second kappa shape index (κ2) is 8.50. The fourth-order valence-electron chi connectivity index (χ4n) is 0.961. The molecular weight excluding hydrogens is 180 g/mol. The van der Waals surface area contributed by atoms with E-state index in [2.05, 4.69) is 0 Å². The Labute approximate surface area is 84.7 Å². The van der Waals surface area contributed by atoms with Gasteiger partial charge in [0.15, 0.2) is 0 Å². The molecule has 0 aromatic rings. The Balaban J connectivity index is 3.55. The van der Waals surface area contributed by atoms with Gasteiger partial charge >= 0.3 is 0 Å². The molecule has 0 amide bonds. The van der Waals surface area contributed by atoms with E-state index in [0.717, 1.165) is 12.8 Å². The number of hydrogen-bond acceptors (Lipinski definition) is 3. The molecular formula is C10H15N2O2. The highest BCUT2D eigenvalue weighted by atomic mass is 16.5. The minimum atomic E-state index is -0.512. The van der Waals surface area contributed by atoms with Crippen molar-refractivity contribution in [1.29, 1.82) is 10.5 Å². The summed E-state index contributed by atoms with van der Waals surface area (Å²) in [6.45, 7) is 1.76. The van der Waals surface area contributed by atoms with Gasteiger partial charge in [-0.05, 0) is 19.8 Å². The molecule has 4 nitrogen and oxygen atoms in total. The number of unbranched alkanes of at least 4 members (excludes halogenated alkanes) is 2. The number of rotatable bonds is 7. The van der Waals surface area contributed by atoms with Crippen molar-refractivity contribution in [2.24, 2.45) is 5.92 Å². The van der Waals surface area contributed by atoms with Crippen LogP contribution in [0.5, 0.6) is 0 Å². The van der Waals surface area contributed by atoms with Gasteiger partial charge in [0.1, 0.15) is 6.61 Å². The third kappa shape index (κ3) is 5.53. The lowest BCUT2D eigenvalue weighted by Crippen LogP contribution is -2.24. The number of nitriles is 2. The number of hydrogen-bond donors (Lipinski definition) is 0. The molecule has 0 heterocycles. The third-order valence-corrected chi connectivity index (χ3v) is 1.94. The monoisotopic (exact) mass is 195 g/mol. The predicted octanol–water partition coefficient (Wildman–Crippen LogP) is 1.66. The third-order valence-electron chi connectivity index (χ3n) is 1.94. The molecule has 1 radical (unpaired) electrons.